The van der Waals surface area contributed by atoms with E-state index in [1.54, 1.807) is 24.5 Å². The number of amides is 1. The quantitative estimate of drug-likeness (QED) is 0.595. The summed E-state index contributed by atoms with van der Waals surface area (Å²) in [5.74, 6) is 0.681. The third kappa shape index (κ3) is 5.77. The van der Waals surface area contributed by atoms with Crippen LogP contribution in [0.4, 0.5) is 5.69 Å². The molecule has 4 rings (SSSR count). The van der Waals surface area contributed by atoms with E-state index >= 15 is 0 Å². The first-order valence-corrected chi connectivity index (χ1v) is 10.8. The van der Waals surface area contributed by atoms with Crippen molar-refractivity contribution in [2.45, 2.75) is 32.2 Å². The lowest BCUT2D eigenvalue weighted by Gasteiger charge is -2.32. The maximum Gasteiger partial charge on any atom is 0.257 e. The molecule has 4 heteroatoms. The number of benzene rings is 2. The number of likely N-dealkylation sites (tertiary alicyclic amines) is 1. The maximum atomic E-state index is 12.2. The second-order valence-corrected chi connectivity index (χ2v) is 8.14. The van der Waals surface area contributed by atoms with Crippen LogP contribution in [0.3, 0.4) is 0 Å². The van der Waals surface area contributed by atoms with Crippen molar-refractivity contribution in [3.05, 3.63) is 95.8 Å². The summed E-state index contributed by atoms with van der Waals surface area (Å²) in [7, 11) is 0. The SMILES string of the molecule is O=C(Nc1ccc(CCC2CCN(Cc3ccccc3)CC2)cc1)c1cccnc1. The first kappa shape index (κ1) is 20.3. The van der Waals surface area contributed by atoms with Crippen LogP contribution < -0.4 is 5.32 Å². The summed E-state index contributed by atoms with van der Waals surface area (Å²) in [4.78, 5) is 18.8. The Balaban J connectivity index is 1.20. The van der Waals surface area contributed by atoms with Gasteiger partial charge in [0.1, 0.15) is 0 Å². The Bertz CT molecular complexity index is 918. The predicted molar refractivity (Wildman–Crippen MR) is 121 cm³/mol. The van der Waals surface area contributed by atoms with Gasteiger partial charge < -0.3 is 5.32 Å². The van der Waals surface area contributed by atoms with Crippen LogP contribution in [0.1, 0.15) is 40.7 Å². The van der Waals surface area contributed by atoms with Crippen molar-refractivity contribution in [1.29, 1.82) is 0 Å². The second kappa shape index (κ2) is 10.2. The molecule has 4 nitrogen and oxygen atoms in total. The molecule has 0 saturated carbocycles. The third-order valence-corrected chi connectivity index (χ3v) is 5.93. The fraction of sp³-hybridized carbons (Fsp3) is 0.308. The molecule has 1 amide bonds. The van der Waals surface area contributed by atoms with Gasteiger partial charge in [0.05, 0.1) is 5.56 Å². The number of hydrogen-bond donors (Lipinski definition) is 1. The Morgan fingerprint density at radius 3 is 2.40 bits per heavy atom. The topological polar surface area (TPSA) is 45.2 Å². The number of hydrogen-bond acceptors (Lipinski definition) is 3. The summed E-state index contributed by atoms with van der Waals surface area (Å²) >= 11 is 0. The van der Waals surface area contributed by atoms with E-state index in [-0.39, 0.29) is 5.91 Å². The zero-order valence-corrected chi connectivity index (χ0v) is 17.3. The Morgan fingerprint density at radius 1 is 0.933 bits per heavy atom. The molecule has 1 fully saturated rings. The molecular weight excluding hydrogens is 370 g/mol. The minimum absolute atomic E-state index is 0.127. The molecule has 0 unspecified atom stereocenters. The van der Waals surface area contributed by atoms with Gasteiger partial charge in [-0.15, -0.1) is 0 Å². The summed E-state index contributed by atoms with van der Waals surface area (Å²) < 4.78 is 0. The monoisotopic (exact) mass is 399 g/mol. The number of pyridine rings is 1. The van der Waals surface area contributed by atoms with E-state index in [0.29, 0.717) is 5.56 Å². The Morgan fingerprint density at radius 2 is 1.70 bits per heavy atom. The number of anilines is 1. The summed E-state index contributed by atoms with van der Waals surface area (Å²) in [5.41, 5.74) is 4.13. The van der Waals surface area contributed by atoms with Crippen molar-refractivity contribution in [3.8, 4) is 0 Å². The molecule has 2 aromatic carbocycles. The van der Waals surface area contributed by atoms with E-state index in [9.17, 15) is 4.79 Å². The molecule has 154 valence electrons. The lowest BCUT2D eigenvalue weighted by Crippen LogP contribution is -2.33. The zero-order chi connectivity index (χ0) is 20.6. The van der Waals surface area contributed by atoms with Crippen molar-refractivity contribution in [2.75, 3.05) is 18.4 Å². The number of rotatable bonds is 7. The van der Waals surface area contributed by atoms with E-state index in [1.807, 2.05) is 12.1 Å². The van der Waals surface area contributed by atoms with Crippen LogP contribution in [0.25, 0.3) is 0 Å². The van der Waals surface area contributed by atoms with E-state index in [0.717, 1.165) is 24.6 Å². The first-order valence-electron chi connectivity index (χ1n) is 10.8. The number of carbonyl (C=O) groups excluding carboxylic acids is 1. The van der Waals surface area contributed by atoms with Gasteiger partial charge in [-0.05, 0) is 80.1 Å². The number of aromatic nitrogens is 1. The van der Waals surface area contributed by atoms with Crippen LogP contribution in [0, 0.1) is 5.92 Å². The van der Waals surface area contributed by atoms with Gasteiger partial charge in [0.15, 0.2) is 0 Å². The normalized spacial score (nSPS) is 15.1. The molecule has 0 bridgehead atoms. The minimum Gasteiger partial charge on any atom is -0.322 e. The van der Waals surface area contributed by atoms with Crippen LogP contribution in [0.15, 0.2) is 79.1 Å². The lowest BCUT2D eigenvalue weighted by molar-refractivity contribution is 0.102. The Hall–Kier alpha value is -2.98. The van der Waals surface area contributed by atoms with Gasteiger partial charge in [-0.3, -0.25) is 14.7 Å². The van der Waals surface area contributed by atoms with Gasteiger partial charge in [0, 0.05) is 24.6 Å². The van der Waals surface area contributed by atoms with Crippen molar-refractivity contribution in [2.24, 2.45) is 5.92 Å². The average molecular weight is 400 g/mol. The first-order chi connectivity index (χ1) is 14.8. The van der Waals surface area contributed by atoms with Crippen LogP contribution in [-0.2, 0) is 13.0 Å². The summed E-state index contributed by atoms with van der Waals surface area (Å²) in [6.45, 7) is 3.46. The zero-order valence-electron chi connectivity index (χ0n) is 17.3. The predicted octanol–water partition coefficient (Wildman–Crippen LogP) is 5.18. The van der Waals surface area contributed by atoms with Gasteiger partial charge in [-0.1, -0.05) is 42.5 Å². The molecular formula is C26H29N3O. The van der Waals surface area contributed by atoms with Crippen molar-refractivity contribution >= 4 is 11.6 Å². The summed E-state index contributed by atoms with van der Waals surface area (Å²) in [5, 5.41) is 2.93. The van der Waals surface area contributed by atoms with E-state index in [1.165, 1.54) is 43.5 Å². The maximum absolute atomic E-state index is 12.2. The molecule has 1 N–H and O–H groups in total. The van der Waals surface area contributed by atoms with Gasteiger partial charge in [0.2, 0.25) is 0 Å². The van der Waals surface area contributed by atoms with Crippen molar-refractivity contribution < 1.29 is 4.79 Å². The summed E-state index contributed by atoms with van der Waals surface area (Å²) in [6, 6.07) is 22.5. The van der Waals surface area contributed by atoms with Crippen LogP contribution in [0.2, 0.25) is 0 Å². The molecule has 0 radical (unpaired) electrons. The number of aryl methyl sites for hydroxylation is 1. The van der Waals surface area contributed by atoms with E-state index in [4.69, 9.17) is 0 Å². The standard InChI is InChI=1S/C26H29N3O/c30-26(24-7-4-16-27-19-24)28-25-12-10-21(11-13-25)8-9-22-14-17-29(18-15-22)20-23-5-2-1-3-6-23/h1-7,10-13,16,19,22H,8-9,14-15,17-18,20H2,(H,28,30). The van der Waals surface area contributed by atoms with Crippen molar-refractivity contribution in [3.63, 3.8) is 0 Å². The fourth-order valence-electron chi connectivity index (χ4n) is 4.10. The van der Waals surface area contributed by atoms with Crippen LogP contribution in [0.5, 0.6) is 0 Å². The van der Waals surface area contributed by atoms with E-state index < -0.39 is 0 Å². The average Bonchev–Trinajstić information content (AvgIpc) is 2.81. The molecule has 1 aliphatic heterocycles. The van der Waals surface area contributed by atoms with Gasteiger partial charge in [0.25, 0.3) is 5.91 Å². The highest BCUT2D eigenvalue weighted by molar-refractivity contribution is 6.03. The van der Waals surface area contributed by atoms with Gasteiger partial charge in [-0.25, -0.2) is 0 Å². The van der Waals surface area contributed by atoms with Crippen LogP contribution in [-0.4, -0.2) is 28.9 Å². The molecule has 1 aliphatic rings. The van der Waals surface area contributed by atoms with E-state index in [2.05, 4.69) is 57.7 Å². The lowest BCUT2D eigenvalue weighted by atomic mass is 9.90. The molecule has 1 saturated heterocycles. The second-order valence-electron chi connectivity index (χ2n) is 8.14. The smallest absolute Gasteiger partial charge is 0.257 e. The van der Waals surface area contributed by atoms with Gasteiger partial charge in [-0.2, -0.15) is 0 Å². The Labute approximate surface area is 179 Å². The molecule has 0 spiro atoms. The molecule has 1 aromatic heterocycles. The minimum atomic E-state index is -0.127. The fourth-order valence-corrected chi connectivity index (χ4v) is 4.10. The molecule has 3 aromatic rings. The highest BCUT2D eigenvalue weighted by Crippen LogP contribution is 2.24. The van der Waals surface area contributed by atoms with Crippen molar-refractivity contribution in [1.82, 2.24) is 9.88 Å². The summed E-state index contributed by atoms with van der Waals surface area (Å²) in [6.07, 6.45) is 8.15. The molecule has 30 heavy (non-hydrogen) atoms. The number of nitrogens with one attached hydrogen (secondary N) is 1. The van der Waals surface area contributed by atoms with Gasteiger partial charge >= 0.3 is 0 Å². The molecule has 0 aliphatic carbocycles. The number of piperidine rings is 1. The highest BCUT2D eigenvalue weighted by Gasteiger charge is 2.19. The largest absolute Gasteiger partial charge is 0.322 e. The molecule has 2 heterocycles. The molecule has 0 atom stereocenters. The third-order valence-electron chi connectivity index (χ3n) is 5.93. The number of carbonyl (C=O) groups is 1. The highest BCUT2D eigenvalue weighted by atomic mass is 16.1. The number of nitrogens with zero attached hydrogens (tertiary/aromatic N) is 2. The van der Waals surface area contributed by atoms with Crippen LogP contribution >= 0.6 is 0 Å². The Kier molecular flexibility index (Phi) is 6.88.